The van der Waals surface area contributed by atoms with Crippen molar-refractivity contribution >= 4 is 17.5 Å². The first-order valence-electron chi connectivity index (χ1n) is 6.41. The molecule has 0 saturated heterocycles. The van der Waals surface area contributed by atoms with E-state index in [4.69, 9.17) is 11.6 Å². The van der Waals surface area contributed by atoms with Crippen LogP contribution in [0.25, 0.3) is 0 Å². The molecule has 0 aromatic carbocycles. The van der Waals surface area contributed by atoms with Crippen LogP contribution in [0.15, 0.2) is 36.8 Å². The lowest BCUT2D eigenvalue weighted by atomic mass is 10.1. The highest BCUT2D eigenvalue weighted by atomic mass is 35.5. The first-order chi connectivity index (χ1) is 10.7. The van der Waals surface area contributed by atoms with E-state index in [-0.39, 0.29) is 16.3 Å². The molecule has 0 fully saturated rings. The van der Waals surface area contributed by atoms with Gasteiger partial charge in [0.1, 0.15) is 5.56 Å². The molecule has 1 unspecified atom stereocenters. The van der Waals surface area contributed by atoms with Crippen LogP contribution < -0.4 is 10.0 Å². The maximum atomic E-state index is 12.6. The van der Waals surface area contributed by atoms with Crippen LogP contribution in [-0.2, 0) is 6.18 Å². The van der Waals surface area contributed by atoms with Crippen molar-refractivity contribution in [3.05, 3.63) is 63.8 Å². The molecule has 5 nitrogen and oxygen atoms in total. The van der Waals surface area contributed by atoms with E-state index >= 15 is 0 Å². The average Bonchev–Trinajstić information content (AvgIpc) is 2.45. The molecule has 0 radical (unpaired) electrons. The first kappa shape index (κ1) is 17.0. The zero-order chi connectivity index (χ0) is 17.2. The van der Waals surface area contributed by atoms with Crippen LogP contribution in [-0.4, -0.2) is 10.9 Å². The van der Waals surface area contributed by atoms with Crippen molar-refractivity contribution in [2.75, 3.05) is 0 Å². The van der Waals surface area contributed by atoms with Crippen molar-refractivity contribution < 1.29 is 22.7 Å². The first-order valence-corrected chi connectivity index (χ1v) is 6.78. The van der Waals surface area contributed by atoms with Gasteiger partial charge in [0.05, 0.1) is 22.3 Å². The molecule has 2 aromatic heterocycles. The Morgan fingerprint density at radius 1 is 1.48 bits per heavy atom. The molecule has 1 atom stereocenters. The summed E-state index contributed by atoms with van der Waals surface area (Å²) in [4.78, 5) is 15.7. The molecule has 0 aliphatic rings. The number of alkyl halides is 3. The Balaban J connectivity index is 2.18. The lowest BCUT2D eigenvalue weighted by Gasteiger charge is -2.16. The largest absolute Gasteiger partial charge is 0.619 e. The molecule has 2 heterocycles. The van der Waals surface area contributed by atoms with Gasteiger partial charge >= 0.3 is 6.18 Å². The maximum Gasteiger partial charge on any atom is 0.417 e. The fourth-order valence-corrected chi connectivity index (χ4v) is 2.19. The van der Waals surface area contributed by atoms with Crippen LogP contribution in [0, 0.1) is 5.21 Å². The van der Waals surface area contributed by atoms with Gasteiger partial charge in [0.15, 0.2) is 12.4 Å². The lowest BCUT2D eigenvalue weighted by Crippen LogP contribution is -2.31. The summed E-state index contributed by atoms with van der Waals surface area (Å²) in [5, 5.41) is 13.4. The third-order valence-corrected chi connectivity index (χ3v) is 3.29. The number of amides is 1. The van der Waals surface area contributed by atoms with Gasteiger partial charge < -0.3 is 10.5 Å². The van der Waals surface area contributed by atoms with Crippen LogP contribution in [0.3, 0.4) is 0 Å². The predicted octanol–water partition coefficient (Wildman–Crippen LogP) is 2.88. The Labute approximate surface area is 134 Å². The van der Waals surface area contributed by atoms with E-state index in [1.807, 2.05) is 0 Å². The van der Waals surface area contributed by atoms with Gasteiger partial charge in [0, 0.05) is 12.3 Å². The minimum atomic E-state index is -4.55. The smallest absolute Gasteiger partial charge is 0.417 e. The molecular formula is C14H11ClF3N3O2. The van der Waals surface area contributed by atoms with Gasteiger partial charge in [-0.15, -0.1) is 0 Å². The van der Waals surface area contributed by atoms with Crippen LogP contribution in [0.2, 0.25) is 5.02 Å². The fourth-order valence-electron chi connectivity index (χ4n) is 1.86. The van der Waals surface area contributed by atoms with Crippen LogP contribution in [0.5, 0.6) is 0 Å². The van der Waals surface area contributed by atoms with Crippen LogP contribution in [0.1, 0.15) is 34.6 Å². The number of aromatic nitrogens is 2. The van der Waals surface area contributed by atoms with Gasteiger partial charge in [0.2, 0.25) is 0 Å². The van der Waals surface area contributed by atoms with E-state index in [0.717, 1.165) is 12.3 Å². The number of rotatable bonds is 3. The zero-order valence-corrected chi connectivity index (χ0v) is 12.5. The number of nitrogens with zero attached hydrogens (tertiary/aromatic N) is 2. The Morgan fingerprint density at radius 2 is 2.17 bits per heavy atom. The number of hydrogen-bond acceptors (Lipinski definition) is 3. The minimum absolute atomic E-state index is 0.0962. The van der Waals surface area contributed by atoms with Crippen molar-refractivity contribution in [1.29, 1.82) is 0 Å². The summed E-state index contributed by atoms with van der Waals surface area (Å²) in [5.74, 6) is -0.569. The molecule has 122 valence electrons. The number of carbonyl (C=O) groups is 1. The summed E-state index contributed by atoms with van der Waals surface area (Å²) >= 11 is 5.82. The number of pyridine rings is 2. The third-order valence-electron chi connectivity index (χ3n) is 2.99. The SMILES string of the molecule is CC(NC(=O)c1ccc[n+]([O-])c1)c1ncc(C(F)(F)F)cc1Cl. The number of nitrogens with one attached hydrogen (secondary N) is 1. The molecule has 9 heteroatoms. The molecule has 1 amide bonds. The van der Waals surface area contributed by atoms with Gasteiger partial charge in [-0.2, -0.15) is 17.9 Å². The summed E-state index contributed by atoms with van der Waals surface area (Å²) in [6.07, 6.45) is -1.61. The van der Waals surface area contributed by atoms with E-state index in [1.54, 1.807) is 0 Å². The second kappa shape index (κ2) is 6.41. The molecule has 0 bridgehead atoms. The second-order valence-corrected chi connectivity index (χ2v) is 5.14. The molecule has 23 heavy (non-hydrogen) atoms. The molecular weight excluding hydrogens is 335 g/mol. The fraction of sp³-hybridized carbons (Fsp3) is 0.214. The Morgan fingerprint density at radius 3 is 2.74 bits per heavy atom. The van der Waals surface area contributed by atoms with E-state index in [1.165, 1.54) is 25.3 Å². The van der Waals surface area contributed by atoms with Gasteiger partial charge in [-0.05, 0) is 19.1 Å². The standard InChI is InChI=1S/C14H11ClF3N3O2/c1-8(20-13(22)9-3-2-4-21(23)7-9)12-11(15)5-10(6-19-12)14(16,17)18/h2-8H,1H3,(H,20,22). The average molecular weight is 346 g/mol. The summed E-state index contributed by atoms with van der Waals surface area (Å²) in [7, 11) is 0. The quantitative estimate of drug-likeness (QED) is 0.687. The predicted molar refractivity (Wildman–Crippen MR) is 75.5 cm³/mol. The molecule has 2 aromatic rings. The van der Waals surface area contributed by atoms with E-state index in [2.05, 4.69) is 10.3 Å². The van der Waals surface area contributed by atoms with Crippen molar-refractivity contribution in [2.45, 2.75) is 19.1 Å². The highest BCUT2D eigenvalue weighted by Gasteiger charge is 2.32. The molecule has 0 saturated carbocycles. The van der Waals surface area contributed by atoms with E-state index in [9.17, 15) is 23.2 Å². The number of carbonyl (C=O) groups excluding carboxylic acids is 1. The summed E-state index contributed by atoms with van der Waals surface area (Å²) in [6, 6.07) is 2.84. The highest BCUT2D eigenvalue weighted by Crippen LogP contribution is 2.32. The summed E-state index contributed by atoms with van der Waals surface area (Å²) in [5.41, 5.74) is -0.767. The monoisotopic (exact) mass is 345 g/mol. The molecule has 2 rings (SSSR count). The second-order valence-electron chi connectivity index (χ2n) is 4.74. The lowest BCUT2D eigenvalue weighted by molar-refractivity contribution is -0.605. The Bertz CT molecular complexity index is 737. The van der Waals surface area contributed by atoms with Crippen molar-refractivity contribution in [2.24, 2.45) is 0 Å². The normalized spacial score (nSPS) is 12.7. The number of hydrogen-bond donors (Lipinski definition) is 1. The van der Waals surface area contributed by atoms with E-state index in [0.29, 0.717) is 10.9 Å². The molecule has 1 N–H and O–H groups in total. The van der Waals surface area contributed by atoms with Gasteiger partial charge in [0.25, 0.3) is 5.91 Å². The van der Waals surface area contributed by atoms with Crippen LogP contribution >= 0.6 is 11.6 Å². The molecule has 0 aliphatic carbocycles. The summed E-state index contributed by atoms with van der Waals surface area (Å²) < 4.78 is 38.2. The zero-order valence-electron chi connectivity index (χ0n) is 11.8. The number of halogens is 4. The Hall–Kier alpha value is -2.35. The van der Waals surface area contributed by atoms with Gasteiger partial charge in [-0.25, -0.2) is 0 Å². The van der Waals surface area contributed by atoms with Crippen LogP contribution in [0.4, 0.5) is 13.2 Å². The molecule has 0 aliphatic heterocycles. The van der Waals surface area contributed by atoms with Crippen molar-refractivity contribution in [3.8, 4) is 0 Å². The van der Waals surface area contributed by atoms with Gasteiger partial charge in [-0.3, -0.25) is 9.78 Å². The molecule has 0 spiro atoms. The topological polar surface area (TPSA) is 68.9 Å². The van der Waals surface area contributed by atoms with Crippen molar-refractivity contribution in [1.82, 2.24) is 10.3 Å². The van der Waals surface area contributed by atoms with E-state index < -0.39 is 23.7 Å². The van der Waals surface area contributed by atoms with Gasteiger partial charge in [-0.1, -0.05) is 11.6 Å². The third kappa shape index (κ3) is 4.10. The summed E-state index contributed by atoms with van der Waals surface area (Å²) in [6.45, 7) is 1.52. The van der Waals surface area contributed by atoms with Crippen molar-refractivity contribution in [3.63, 3.8) is 0 Å². The minimum Gasteiger partial charge on any atom is -0.619 e. The maximum absolute atomic E-state index is 12.6. The highest BCUT2D eigenvalue weighted by molar-refractivity contribution is 6.31. The Kier molecular flexibility index (Phi) is 4.74.